The van der Waals surface area contributed by atoms with Crippen LogP contribution in [0.2, 0.25) is 0 Å². The molecule has 0 unspecified atom stereocenters. The predicted octanol–water partition coefficient (Wildman–Crippen LogP) is 0.187. The summed E-state index contributed by atoms with van der Waals surface area (Å²) in [4.78, 5) is 47.6. The predicted molar refractivity (Wildman–Crippen MR) is 82.1 cm³/mol. The molecule has 4 atom stereocenters. The maximum Gasteiger partial charge on any atom is 0.337 e. The molecule has 0 aromatic heterocycles. The Kier molecular flexibility index (Phi) is 4.25. The summed E-state index contributed by atoms with van der Waals surface area (Å²) in [5, 5.41) is 20.2. The number of esters is 1. The van der Waals surface area contributed by atoms with Gasteiger partial charge in [0.05, 0.1) is 23.0 Å². The zero-order chi connectivity index (χ0) is 18.3. The second kappa shape index (κ2) is 6.25. The number of rotatable bonds is 5. The molecular formula is C16H16N2O7. The molecule has 1 aromatic rings. The molecule has 0 saturated carbocycles. The van der Waals surface area contributed by atoms with Crippen molar-refractivity contribution < 1.29 is 29.2 Å². The molecule has 9 heteroatoms. The number of β-lactam (4-membered cyclic amide) rings is 1. The molecule has 0 aliphatic carbocycles. The van der Waals surface area contributed by atoms with Gasteiger partial charge in [-0.15, -0.1) is 0 Å². The second-order valence-electron chi connectivity index (χ2n) is 6.18. The summed E-state index contributed by atoms with van der Waals surface area (Å²) in [5.41, 5.74) is 0.442. The summed E-state index contributed by atoms with van der Waals surface area (Å²) in [5.74, 6) is -2.32. The van der Waals surface area contributed by atoms with E-state index in [-0.39, 0.29) is 18.7 Å². The van der Waals surface area contributed by atoms with Gasteiger partial charge in [-0.05, 0) is 24.6 Å². The van der Waals surface area contributed by atoms with E-state index in [2.05, 4.69) is 0 Å². The molecule has 0 spiro atoms. The largest absolute Gasteiger partial charge is 0.459 e. The highest BCUT2D eigenvalue weighted by Gasteiger charge is 2.61. The minimum atomic E-state index is -1.27. The highest BCUT2D eigenvalue weighted by Crippen LogP contribution is 2.40. The van der Waals surface area contributed by atoms with Crippen molar-refractivity contribution in [2.24, 2.45) is 5.92 Å². The lowest BCUT2D eigenvalue weighted by atomic mass is 9.84. The second-order valence-corrected chi connectivity index (χ2v) is 6.18. The number of non-ortho nitro benzene ring substituents is 1. The molecule has 2 aliphatic rings. The molecule has 1 amide bonds. The summed E-state index contributed by atoms with van der Waals surface area (Å²) >= 11 is 0. The van der Waals surface area contributed by atoms with Crippen LogP contribution in [0.5, 0.6) is 0 Å². The number of aliphatic hydroxyl groups excluding tert-OH is 1. The van der Waals surface area contributed by atoms with Crippen LogP contribution in [0.3, 0.4) is 0 Å². The zero-order valence-electron chi connectivity index (χ0n) is 13.3. The highest BCUT2D eigenvalue weighted by molar-refractivity contribution is 6.11. The molecule has 1 N–H and O–H groups in total. The summed E-state index contributed by atoms with van der Waals surface area (Å²) in [6, 6.07) is 3.73. The Bertz CT molecular complexity index is 743. The number of nitro benzene ring substituents is 1. The molecule has 2 aliphatic heterocycles. The number of hydrogen-bond acceptors (Lipinski definition) is 7. The molecule has 3 rings (SSSR count). The Morgan fingerprint density at radius 1 is 1.40 bits per heavy atom. The van der Waals surface area contributed by atoms with Gasteiger partial charge in [0.1, 0.15) is 6.61 Å². The van der Waals surface area contributed by atoms with Gasteiger partial charge in [-0.2, -0.15) is 0 Å². The van der Waals surface area contributed by atoms with Gasteiger partial charge in [0.15, 0.2) is 11.8 Å². The van der Waals surface area contributed by atoms with Crippen LogP contribution in [-0.4, -0.2) is 50.8 Å². The highest BCUT2D eigenvalue weighted by atomic mass is 16.6. The van der Waals surface area contributed by atoms with Crippen LogP contribution < -0.4 is 0 Å². The number of amides is 1. The fourth-order valence-corrected chi connectivity index (χ4v) is 3.33. The first-order valence-corrected chi connectivity index (χ1v) is 7.74. The van der Waals surface area contributed by atoms with Crippen molar-refractivity contribution >= 4 is 23.3 Å². The Morgan fingerprint density at radius 2 is 2.04 bits per heavy atom. The Morgan fingerprint density at radius 3 is 2.60 bits per heavy atom. The van der Waals surface area contributed by atoms with Crippen LogP contribution in [0, 0.1) is 16.0 Å². The van der Waals surface area contributed by atoms with Crippen molar-refractivity contribution in [1.29, 1.82) is 0 Å². The van der Waals surface area contributed by atoms with Gasteiger partial charge in [0.2, 0.25) is 5.91 Å². The lowest BCUT2D eigenvalue weighted by Crippen LogP contribution is -2.64. The van der Waals surface area contributed by atoms with Crippen LogP contribution in [0.15, 0.2) is 24.3 Å². The fraction of sp³-hybridized carbons (Fsp3) is 0.438. The SMILES string of the molecule is C[C@H](O)[C@@H]1C(=O)N2[C@@H](C(=O)OCc3ccc([N+](=O)[O-])cc3)C(=O)C[C@@H]12. The third-order valence-electron chi connectivity index (χ3n) is 4.58. The normalized spacial score (nSPS) is 26.0. The number of ether oxygens (including phenoxy) is 1. The van der Waals surface area contributed by atoms with Crippen LogP contribution in [0.4, 0.5) is 5.69 Å². The van der Waals surface area contributed by atoms with Gasteiger partial charge < -0.3 is 14.7 Å². The van der Waals surface area contributed by atoms with Crippen LogP contribution >= 0.6 is 0 Å². The summed E-state index contributed by atoms with van der Waals surface area (Å²) in [6.45, 7) is 1.32. The van der Waals surface area contributed by atoms with E-state index in [0.717, 1.165) is 0 Å². The van der Waals surface area contributed by atoms with E-state index in [9.17, 15) is 29.6 Å². The van der Waals surface area contributed by atoms with Crippen molar-refractivity contribution in [3.8, 4) is 0 Å². The Balaban J connectivity index is 1.63. The Labute approximate surface area is 142 Å². The first-order valence-electron chi connectivity index (χ1n) is 7.74. The number of Topliss-reactive ketones (excluding diaryl/α,β-unsaturated/α-hetero) is 1. The molecule has 0 radical (unpaired) electrons. The van der Waals surface area contributed by atoms with E-state index in [4.69, 9.17) is 4.74 Å². The summed E-state index contributed by atoms with van der Waals surface area (Å²) < 4.78 is 5.09. The first kappa shape index (κ1) is 17.0. The first-order chi connectivity index (χ1) is 11.8. The number of aliphatic hydroxyl groups is 1. The molecule has 0 bridgehead atoms. The van der Waals surface area contributed by atoms with Gasteiger partial charge in [-0.25, -0.2) is 4.79 Å². The average Bonchev–Trinajstić information content (AvgIpc) is 2.85. The van der Waals surface area contributed by atoms with Crippen LogP contribution in [0.25, 0.3) is 0 Å². The van der Waals surface area contributed by atoms with Crippen molar-refractivity contribution in [1.82, 2.24) is 4.90 Å². The number of fused-ring (bicyclic) bond motifs is 1. The quantitative estimate of drug-likeness (QED) is 0.264. The Hall–Kier alpha value is -2.81. The molecule has 9 nitrogen and oxygen atoms in total. The number of carbonyl (C=O) groups excluding carboxylic acids is 3. The van der Waals surface area contributed by atoms with Crippen molar-refractivity contribution in [3.63, 3.8) is 0 Å². The van der Waals surface area contributed by atoms with Gasteiger partial charge >= 0.3 is 5.97 Å². The van der Waals surface area contributed by atoms with E-state index >= 15 is 0 Å². The molecular weight excluding hydrogens is 332 g/mol. The van der Waals surface area contributed by atoms with Crippen molar-refractivity contribution in [2.75, 3.05) is 0 Å². The van der Waals surface area contributed by atoms with E-state index in [1.165, 1.54) is 36.1 Å². The number of benzene rings is 1. The standard InChI is InChI=1S/C16H16N2O7/c1-8(19)13-11-6-12(20)14(17(11)15(13)21)16(22)25-7-9-2-4-10(5-3-9)18(23)24/h2-5,8,11,13-14,19H,6-7H2,1H3/t8-,11-,13-,14+/m0/s1. The summed E-state index contributed by atoms with van der Waals surface area (Å²) in [6.07, 6.45) is -0.852. The number of nitro groups is 1. The van der Waals surface area contributed by atoms with E-state index < -0.39 is 46.7 Å². The van der Waals surface area contributed by atoms with Crippen LogP contribution in [-0.2, 0) is 25.7 Å². The van der Waals surface area contributed by atoms with Gasteiger partial charge in [0, 0.05) is 18.6 Å². The molecule has 2 heterocycles. The topological polar surface area (TPSA) is 127 Å². The van der Waals surface area contributed by atoms with Gasteiger partial charge in [-0.3, -0.25) is 19.7 Å². The van der Waals surface area contributed by atoms with Crippen molar-refractivity contribution in [3.05, 3.63) is 39.9 Å². The molecule has 132 valence electrons. The van der Waals surface area contributed by atoms with Crippen LogP contribution in [0.1, 0.15) is 18.9 Å². The molecule has 2 saturated heterocycles. The lowest BCUT2D eigenvalue weighted by molar-refractivity contribution is -0.384. The average molecular weight is 348 g/mol. The number of hydrogen-bond donors (Lipinski definition) is 1. The number of ketones is 1. The smallest absolute Gasteiger partial charge is 0.337 e. The van der Waals surface area contributed by atoms with Gasteiger partial charge in [0.25, 0.3) is 5.69 Å². The third kappa shape index (κ3) is 2.86. The molecule has 1 aromatic carbocycles. The van der Waals surface area contributed by atoms with E-state index in [1.54, 1.807) is 0 Å². The zero-order valence-corrected chi connectivity index (χ0v) is 13.3. The van der Waals surface area contributed by atoms with Gasteiger partial charge in [-0.1, -0.05) is 0 Å². The monoisotopic (exact) mass is 348 g/mol. The van der Waals surface area contributed by atoms with E-state index in [1.807, 2.05) is 0 Å². The minimum Gasteiger partial charge on any atom is -0.459 e. The number of carbonyl (C=O) groups is 3. The third-order valence-corrected chi connectivity index (χ3v) is 4.58. The van der Waals surface area contributed by atoms with E-state index in [0.29, 0.717) is 5.56 Å². The molecule has 25 heavy (non-hydrogen) atoms. The molecule has 2 fully saturated rings. The maximum atomic E-state index is 12.2. The minimum absolute atomic E-state index is 0.0264. The fourth-order valence-electron chi connectivity index (χ4n) is 3.33. The number of nitrogens with zero attached hydrogens (tertiary/aromatic N) is 2. The summed E-state index contributed by atoms with van der Waals surface area (Å²) in [7, 11) is 0. The maximum absolute atomic E-state index is 12.2. The lowest BCUT2D eigenvalue weighted by Gasteiger charge is -2.45. The van der Waals surface area contributed by atoms with Crippen molar-refractivity contribution in [2.45, 2.75) is 38.1 Å².